The van der Waals surface area contributed by atoms with Crippen LogP contribution >= 0.6 is 12.2 Å². The summed E-state index contributed by atoms with van der Waals surface area (Å²) in [7, 11) is 1.79. The molecule has 0 unspecified atom stereocenters. The summed E-state index contributed by atoms with van der Waals surface area (Å²) in [4.78, 5) is 1.57. The molecule has 1 fully saturated rings. The minimum atomic E-state index is 0.0867. The zero-order chi connectivity index (χ0) is 17.6. The third-order valence-corrected chi connectivity index (χ3v) is 4.70. The van der Waals surface area contributed by atoms with Gasteiger partial charge in [0, 0.05) is 25.4 Å². The molecular weight excluding hydrogens is 338 g/mol. The van der Waals surface area contributed by atoms with E-state index in [2.05, 4.69) is 15.5 Å². The lowest BCUT2D eigenvalue weighted by atomic mass is 10.2. The van der Waals surface area contributed by atoms with Crippen LogP contribution in [0.25, 0.3) is 10.9 Å². The molecule has 7 nitrogen and oxygen atoms in total. The Kier molecular flexibility index (Phi) is 5.95. The zero-order valence-electron chi connectivity index (χ0n) is 14.4. The summed E-state index contributed by atoms with van der Waals surface area (Å²) in [5, 5.41) is 22.7. The molecule has 2 aromatic rings. The number of quaternary nitrogens is 1. The summed E-state index contributed by atoms with van der Waals surface area (Å²) in [5.74, 6) is 0.0867. The number of benzene rings is 1. The van der Waals surface area contributed by atoms with Gasteiger partial charge in [0.2, 0.25) is 11.0 Å². The highest BCUT2D eigenvalue weighted by molar-refractivity contribution is 7.80. The van der Waals surface area contributed by atoms with E-state index in [1.165, 1.54) is 0 Å². The number of thiocarbonyl (C=S) groups is 1. The molecule has 0 aliphatic carbocycles. The average molecular weight is 362 g/mol. The molecule has 1 aromatic heterocycles. The fraction of sp³-hybridized carbons (Fsp3) is 0.471. The summed E-state index contributed by atoms with van der Waals surface area (Å²) >= 11 is 5.21. The molecule has 134 valence electrons. The van der Waals surface area contributed by atoms with Gasteiger partial charge in [0.05, 0.1) is 25.3 Å². The van der Waals surface area contributed by atoms with E-state index in [4.69, 9.17) is 17.0 Å². The molecule has 1 saturated heterocycles. The molecule has 0 amide bonds. The maximum absolute atomic E-state index is 10.2. The van der Waals surface area contributed by atoms with Crippen LogP contribution < -0.4 is 10.2 Å². The van der Waals surface area contributed by atoms with Crippen molar-refractivity contribution < 1.29 is 14.7 Å². The van der Waals surface area contributed by atoms with Crippen LogP contribution in [-0.4, -0.2) is 54.2 Å². The van der Waals surface area contributed by atoms with Crippen LogP contribution in [0.5, 0.6) is 5.88 Å². The van der Waals surface area contributed by atoms with E-state index in [1.807, 2.05) is 24.3 Å². The first-order chi connectivity index (χ1) is 12.2. The van der Waals surface area contributed by atoms with E-state index in [0.717, 1.165) is 56.7 Å². The van der Waals surface area contributed by atoms with Crippen molar-refractivity contribution in [1.29, 1.82) is 0 Å². The zero-order valence-corrected chi connectivity index (χ0v) is 15.2. The van der Waals surface area contributed by atoms with Crippen LogP contribution in [-0.2, 0) is 11.8 Å². The van der Waals surface area contributed by atoms with Crippen molar-refractivity contribution in [3.63, 3.8) is 0 Å². The molecule has 25 heavy (non-hydrogen) atoms. The highest BCUT2D eigenvalue weighted by Crippen LogP contribution is 2.37. The van der Waals surface area contributed by atoms with Gasteiger partial charge in [-0.25, -0.2) is 0 Å². The summed E-state index contributed by atoms with van der Waals surface area (Å²) in [6, 6.07) is 7.67. The Morgan fingerprint density at radius 3 is 2.92 bits per heavy atom. The fourth-order valence-electron chi connectivity index (χ4n) is 3.03. The molecule has 3 rings (SSSR count). The number of nitrogens with one attached hydrogen (secondary N) is 2. The normalized spacial score (nSPS) is 15.9. The van der Waals surface area contributed by atoms with Crippen molar-refractivity contribution in [2.75, 3.05) is 39.4 Å². The van der Waals surface area contributed by atoms with Crippen molar-refractivity contribution in [1.82, 2.24) is 9.88 Å². The second kappa shape index (κ2) is 8.37. The number of aryl methyl sites for hydroxylation is 1. The molecule has 0 bridgehead atoms. The van der Waals surface area contributed by atoms with Gasteiger partial charge in [0.15, 0.2) is 5.69 Å². The first kappa shape index (κ1) is 17.8. The van der Waals surface area contributed by atoms with Crippen molar-refractivity contribution in [2.24, 2.45) is 17.3 Å². The van der Waals surface area contributed by atoms with Crippen molar-refractivity contribution >= 4 is 33.9 Å². The SMILES string of the molecule is Cn1c(O)c(N=NC(=S)NCCC[NH+]2CCOCC2)c2ccccc21. The topological polar surface area (TPSA) is 75.6 Å². The number of azo groups is 1. The lowest BCUT2D eigenvalue weighted by Crippen LogP contribution is -3.14. The quantitative estimate of drug-likeness (QED) is 0.424. The van der Waals surface area contributed by atoms with Crippen LogP contribution in [0.1, 0.15) is 6.42 Å². The Hall–Kier alpha value is -2.03. The maximum Gasteiger partial charge on any atom is 0.220 e. The summed E-state index contributed by atoms with van der Waals surface area (Å²) < 4.78 is 7.04. The number of hydrogen-bond donors (Lipinski definition) is 3. The summed E-state index contributed by atoms with van der Waals surface area (Å²) in [6.45, 7) is 5.72. The first-order valence-corrected chi connectivity index (χ1v) is 8.95. The van der Waals surface area contributed by atoms with Crippen molar-refractivity contribution in [2.45, 2.75) is 6.42 Å². The van der Waals surface area contributed by atoms with Gasteiger partial charge >= 0.3 is 0 Å². The Morgan fingerprint density at radius 1 is 1.36 bits per heavy atom. The van der Waals surface area contributed by atoms with E-state index in [9.17, 15) is 5.11 Å². The highest BCUT2D eigenvalue weighted by Gasteiger charge is 2.14. The number of aromatic nitrogens is 1. The predicted molar refractivity (Wildman–Crippen MR) is 101 cm³/mol. The minimum absolute atomic E-state index is 0.0867. The molecular formula is C17H24N5O2S+. The van der Waals surface area contributed by atoms with Crippen LogP contribution in [0.3, 0.4) is 0 Å². The second-order valence-electron chi connectivity index (χ2n) is 6.15. The largest absolute Gasteiger partial charge is 0.493 e. The van der Waals surface area contributed by atoms with E-state index in [0.29, 0.717) is 10.8 Å². The molecule has 0 saturated carbocycles. The maximum atomic E-state index is 10.2. The van der Waals surface area contributed by atoms with Gasteiger partial charge in [0.1, 0.15) is 13.1 Å². The molecule has 8 heteroatoms. The Labute approximate surface area is 152 Å². The van der Waals surface area contributed by atoms with Gasteiger partial charge in [-0.2, -0.15) is 0 Å². The van der Waals surface area contributed by atoms with Gasteiger partial charge in [0.25, 0.3) is 0 Å². The highest BCUT2D eigenvalue weighted by atomic mass is 32.1. The number of rotatable bonds is 5. The van der Waals surface area contributed by atoms with Gasteiger partial charge in [-0.3, -0.25) is 0 Å². The van der Waals surface area contributed by atoms with Gasteiger partial charge in [-0.1, -0.05) is 18.2 Å². The van der Waals surface area contributed by atoms with Gasteiger partial charge < -0.3 is 24.6 Å². The predicted octanol–water partition coefficient (Wildman–Crippen LogP) is 1.15. The van der Waals surface area contributed by atoms with Crippen LogP contribution in [0.15, 0.2) is 34.5 Å². The monoisotopic (exact) mass is 362 g/mol. The number of nitrogens with zero attached hydrogens (tertiary/aromatic N) is 3. The van der Waals surface area contributed by atoms with Gasteiger partial charge in [-0.05, 0) is 18.3 Å². The van der Waals surface area contributed by atoms with E-state index in [1.54, 1.807) is 16.5 Å². The molecule has 0 atom stereocenters. The second-order valence-corrected chi connectivity index (χ2v) is 6.53. The van der Waals surface area contributed by atoms with Crippen LogP contribution in [0.4, 0.5) is 5.69 Å². The number of aromatic hydroxyl groups is 1. The third kappa shape index (κ3) is 4.33. The van der Waals surface area contributed by atoms with Crippen molar-refractivity contribution in [3.05, 3.63) is 24.3 Å². The lowest BCUT2D eigenvalue weighted by molar-refractivity contribution is -0.908. The Balaban J connectivity index is 1.52. The number of fused-ring (bicyclic) bond motifs is 1. The van der Waals surface area contributed by atoms with E-state index in [-0.39, 0.29) is 5.88 Å². The molecule has 0 spiro atoms. The fourth-order valence-corrected chi connectivity index (χ4v) is 3.18. The molecule has 1 aliphatic rings. The third-order valence-electron chi connectivity index (χ3n) is 4.47. The van der Waals surface area contributed by atoms with E-state index >= 15 is 0 Å². The molecule has 2 heterocycles. The summed E-state index contributed by atoms with van der Waals surface area (Å²) in [6.07, 6.45) is 1.02. The first-order valence-electron chi connectivity index (χ1n) is 8.54. The Morgan fingerprint density at radius 2 is 2.12 bits per heavy atom. The average Bonchev–Trinajstić information content (AvgIpc) is 2.89. The van der Waals surface area contributed by atoms with E-state index < -0.39 is 0 Å². The number of ether oxygens (including phenoxy) is 1. The van der Waals surface area contributed by atoms with Crippen LogP contribution in [0.2, 0.25) is 0 Å². The molecule has 3 N–H and O–H groups in total. The molecule has 1 aromatic carbocycles. The minimum Gasteiger partial charge on any atom is -0.493 e. The van der Waals surface area contributed by atoms with Crippen molar-refractivity contribution in [3.8, 4) is 5.88 Å². The lowest BCUT2D eigenvalue weighted by Gasteiger charge is -2.23. The number of morpholine rings is 1. The molecule has 0 radical (unpaired) electrons. The van der Waals surface area contributed by atoms with Gasteiger partial charge in [-0.15, -0.1) is 10.2 Å². The number of hydrogen-bond acceptors (Lipinski definition) is 4. The molecule has 1 aliphatic heterocycles. The smallest absolute Gasteiger partial charge is 0.220 e. The number of para-hydroxylation sites is 1. The summed E-state index contributed by atoms with van der Waals surface area (Å²) in [5.41, 5.74) is 1.35. The Bertz CT molecular complexity index is 768. The standard InChI is InChI=1S/C17H23N5O2S/c1-21-14-6-3-2-5-13(14)15(16(21)23)19-20-17(25)18-7-4-8-22-9-11-24-12-10-22/h2-3,5-6,23H,4,7-12H2,1H3,(H,18,25)/p+1. The van der Waals surface area contributed by atoms with Crippen LogP contribution in [0, 0.1) is 0 Å².